The van der Waals surface area contributed by atoms with Gasteiger partial charge in [0.05, 0.1) is 11.3 Å². The van der Waals surface area contributed by atoms with Gasteiger partial charge >= 0.3 is 6.18 Å². The predicted octanol–water partition coefficient (Wildman–Crippen LogP) is 5.16. The highest BCUT2D eigenvalue weighted by Gasteiger charge is 2.31. The van der Waals surface area contributed by atoms with Gasteiger partial charge < -0.3 is 4.74 Å². The molecule has 3 nitrogen and oxygen atoms in total. The van der Waals surface area contributed by atoms with Crippen LogP contribution in [0.5, 0.6) is 5.75 Å². The highest BCUT2D eigenvalue weighted by Crippen LogP contribution is 2.32. The van der Waals surface area contributed by atoms with Crippen molar-refractivity contribution in [3.05, 3.63) is 83.6 Å². The molecule has 3 rings (SSSR count). The topological polar surface area (TPSA) is 39.2 Å². The molecule has 0 aliphatic rings. The molecule has 0 aliphatic carbocycles. The van der Waals surface area contributed by atoms with Crippen LogP contribution in [0.25, 0.3) is 11.3 Å². The van der Waals surface area contributed by atoms with Crippen LogP contribution in [0.2, 0.25) is 0 Å². The molecule has 0 unspecified atom stereocenters. The molecule has 132 valence electrons. The quantitative estimate of drug-likeness (QED) is 0.592. The maximum atomic E-state index is 12.7. The Balaban J connectivity index is 1.79. The molecule has 26 heavy (non-hydrogen) atoms. The summed E-state index contributed by atoms with van der Waals surface area (Å²) in [6.45, 7) is 0.401. The average Bonchev–Trinajstić information content (AvgIpc) is 2.66. The summed E-state index contributed by atoms with van der Waals surface area (Å²) in [5.41, 5.74) is 0.684. The van der Waals surface area contributed by atoms with E-state index in [0.717, 1.165) is 17.8 Å². The summed E-state index contributed by atoms with van der Waals surface area (Å²) in [6, 6.07) is 17.1. The first-order chi connectivity index (χ1) is 12.5. The van der Waals surface area contributed by atoms with Crippen molar-refractivity contribution in [1.82, 2.24) is 4.98 Å². The highest BCUT2D eigenvalue weighted by atomic mass is 19.4. The van der Waals surface area contributed by atoms with Crippen molar-refractivity contribution in [2.45, 2.75) is 12.8 Å². The number of alkyl halides is 3. The van der Waals surface area contributed by atoms with E-state index in [-0.39, 0.29) is 11.3 Å². The van der Waals surface area contributed by atoms with Gasteiger partial charge in [-0.05, 0) is 35.9 Å². The molecule has 2 aromatic carbocycles. The van der Waals surface area contributed by atoms with Crippen molar-refractivity contribution in [3.63, 3.8) is 0 Å². The SMILES string of the molecule is O=Cc1cc(C(F)(F)F)cnc1-c1ccc(OCc2ccccc2)cc1. The third kappa shape index (κ3) is 4.08. The zero-order valence-corrected chi connectivity index (χ0v) is 13.5. The van der Waals surface area contributed by atoms with Crippen molar-refractivity contribution in [3.8, 4) is 17.0 Å². The van der Waals surface area contributed by atoms with Crippen LogP contribution in [-0.4, -0.2) is 11.3 Å². The van der Waals surface area contributed by atoms with E-state index >= 15 is 0 Å². The molecular formula is C20H14F3NO2. The van der Waals surface area contributed by atoms with Crippen LogP contribution < -0.4 is 4.74 Å². The number of carbonyl (C=O) groups excluding carboxylic acids is 1. The minimum absolute atomic E-state index is 0.113. The number of benzene rings is 2. The molecule has 0 N–H and O–H groups in total. The van der Waals surface area contributed by atoms with Gasteiger partial charge in [-0.25, -0.2) is 0 Å². The zero-order valence-electron chi connectivity index (χ0n) is 13.5. The number of halogens is 3. The Kier molecular flexibility index (Phi) is 5.02. The Bertz CT molecular complexity index is 891. The summed E-state index contributed by atoms with van der Waals surface area (Å²) in [4.78, 5) is 15.0. The lowest BCUT2D eigenvalue weighted by Crippen LogP contribution is -2.07. The predicted molar refractivity (Wildman–Crippen MR) is 90.8 cm³/mol. The molecule has 0 bridgehead atoms. The van der Waals surface area contributed by atoms with Gasteiger partial charge in [-0.1, -0.05) is 30.3 Å². The van der Waals surface area contributed by atoms with Crippen molar-refractivity contribution in [1.29, 1.82) is 0 Å². The van der Waals surface area contributed by atoms with Gasteiger partial charge in [0.2, 0.25) is 0 Å². The van der Waals surface area contributed by atoms with Crippen LogP contribution in [0.3, 0.4) is 0 Å². The number of nitrogens with zero attached hydrogens (tertiary/aromatic N) is 1. The molecule has 0 amide bonds. The fourth-order valence-electron chi connectivity index (χ4n) is 2.42. The summed E-state index contributed by atoms with van der Waals surface area (Å²) >= 11 is 0. The lowest BCUT2D eigenvalue weighted by Gasteiger charge is -2.11. The van der Waals surface area contributed by atoms with Crippen molar-refractivity contribution >= 4 is 6.29 Å². The normalized spacial score (nSPS) is 11.2. The Labute approximate surface area is 148 Å². The third-order valence-corrected chi connectivity index (χ3v) is 3.75. The Morgan fingerprint density at radius 2 is 1.69 bits per heavy atom. The van der Waals surface area contributed by atoms with Crippen LogP contribution in [0.4, 0.5) is 13.2 Å². The maximum absolute atomic E-state index is 12.7. The Morgan fingerprint density at radius 3 is 2.31 bits per heavy atom. The van der Waals surface area contributed by atoms with Gasteiger partial charge in [0, 0.05) is 17.3 Å². The van der Waals surface area contributed by atoms with Gasteiger partial charge in [0.25, 0.3) is 0 Å². The molecule has 0 atom stereocenters. The van der Waals surface area contributed by atoms with Gasteiger partial charge in [0.1, 0.15) is 12.4 Å². The summed E-state index contributed by atoms with van der Waals surface area (Å²) in [5.74, 6) is 0.608. The minimum Gasteiger partial charge on any atom is -0.489 e. The highest BCUT2D eigenvalue weighted by molar-refractivity contribution is 5.86. The molecular weight excluding hydrogens is 343 g/mol. The first kappa shape index (κ1) is 17.7. The molecule has 1 heterocycles. The zero-order chi connectivity index (χ0) is 18.6. The van der Waals surface area contributed by atoms with Gasteiger partial charge in [-0.2, -0.15) is 13.2 Å². The number of hydrogen-bond donors (Lipinski definition) is 0. The fraction of sp³-hybridized carbons (Fsp3) is 0.100. The van der Waals surface area contributed by atoms with Crippen molar-refractivity contribution in [2.75, 3.05) is 0 Å². The molecule has 0 spiro atoms. The van der Waals surface area contributed by atoms with Gasteiger partial charge in [-0.15, -0.1) is 0 Å². The third-order valence-electron chi connectivity index (χ3n) is 3.75. The lowest BCUT2D eigenvalue weighted by atomic mass is 10.0. The van der Waals surface area contributed by atoms with Crippen LogP contribution in [0.1, 0.15) is 21.5 Å². The molecule has 0 fully saturated rings. The second-order valence-corrected chi connectivity index (χ2v) is 5.58. The smallest absolute Gasteiger partial charge is 0.417 e. The number of rotatable bonds is 5. The molecule has 0 saturated carbocycles. The van der Waals surface area contributed by atoms with Crippen molar-refractivity contribution < 1.29 is 22.7 Å². The van der Waals surface area contributed by atoms with E-state index in [1.54, 1.807) is 24.3 Å². The lowest BCUT2D eigenvalue weighted by molar-refractivity contribution is -0.137. The second kappa shape index (κ2) is 7.39. The monoisotopic (exact) mass is 357 g/mol. The van der Waals surface area contributed by atoms with Crippen LogP contribution >= 0.6 is 0 Å². The number of aromatic nitrogens is 1. The number of pyridine rings is 1. The molecule has 6 heteroatoms. The molecule has 1 aromatic heterocycles. The first-order valence-electron chi connectivity index (χ1n) is 7.77. The van der Waals surface area contributed by atoms with E-state index in [2.05, 4.69) is 4.98 Å². The van der Waals surface area contributed by atoms with E-state index in [1.165, 1.54) is 0 Å². The average molecular weight is 357 g/mol. The Hall–Kier alpha value is -3.15. The molecule has 3 aromatic rings. The number of ether oxygens (including phenoxy) is 1. The molecule has 0 aliphatic heterocycles. The van der Waals surface area contributed by atoms with Crippen LogP contribution in [-0.2, 0) is 12.8 Å². The van der Waals surface area contributed by atoms with E-state index in [1.807, 2.05) is 30.3 Å². The summed E-state index contributed by atoms with van der Waals surface area (Å²) < 4.78 is 43.9. The minimum atomic E-state index is -4.54. The van der Waals surface area contributed by atoms with E-state index < -0.39 is 11.7 Å². The second-order valence-electron chi connectivity index (χ2n) is 5.58. The van der Waals surface area contributed by atoms with Crippen molar-refractivity contribution in [2.24, 2.45) is 0 Å². The fourth-order valence-corrected chi connectivity index (χ4v) is 2.42. The van der Waals surface area contributed by atoms with E-state index in [9.17, 15) is 18.0 Å². The largest absolute Gasteiger partial charge is 0.489 e. The molecule has 0 saturated heterocycles. The number of aldehydes is 1. The molecule has 0 radical (unpaired) electrons. The standard InChI is InChI=1S/C20H14F3NO2/c21-20(22,23)17-10-16(12-25)19(24-11-17)15-6-8-18(9-7-15)26-13-14-4-2-1-3-5-14/h1-12H,13H2. The van der Waals surface area contributed by atoms with Crippen LogP contribution in [0, 0.1) is 0 Å². The summed E-state index contributed by atoms with van der Waals surface area (Å²) in [5, 5.41) is 0. The van der Waals surface area contributed by atoms with Crippen LogP contribution in [0.15, 0.2) is 66.9 Å². The van der Waals surface area contributed by atoms with Gasteiger partial charge in [-0.3, -0.25) is 9.78 Å². The summed E-state index contributed by atoms with van der Waals surface area (Å²) in [7, 11) is 0. The van der Waals surface area contributed by atoms with E-state index in [4.69, 9.17) is 4.74 Å². The summed E-state index contributed by atoms with van der Waals surface area (Å²) in [6.07, 6.45) is -3.45. The Morgan fingerprint density at radius 1 is 1.00 bits per heavy atom. The number of hydrogen-bond acceptors (Lipinski definition) is 3. The van der Waals surface area contributed by atoms with E-state index in [0.29, 0.717) is 24.2 Å². The van der Waals surface area contributed by atoms with Gasteiger partial charge in [0.15, 0.2) is 6.29 Å². The number of carbonyl (C=O) groups is 1. The maximum Gasteiger partial charge on any atom is 0.417 e. The first-order valence-corrected chi connectivity index (χ1v) is 7.77.